The van der Waals surface area contributed by atoms with Gasteiger partial charge in [0, 0.05) is 30.6 Å². The van der Waals surface area contributed by atoms with Gasteiger partial charge in [-0.15, -0.1) is 0 Å². The lowest BCUT2D eigenvalue weighted by Gasteiger charge is -2.25. The molecule has 0 aliphatic rings. The molecule has 21 heavy (non-hydrogen) atoms. The Hall–Kier alpha value is -2.01. The average Bonchev–Trinajstić information content (AvgIpc) is 2.46. The molecule has 0 bridgehead atoms. The molecule has 2 N–H and O–H groups in total. The van der Waals surface area contributed by atoms with Crippen molar-refractivity contribution in [1.29, 1.82) is 0 Å². The summed E-state index contributed by atoms with van der Waals surface area (Å²) in [4.78, 5) is 12.9. The van der Waals surface area contributed by atoms with Crippen LogP contribution in [-0.4, -0.2) is 26.6 Å². The molecule has 2 rings (SSSR count). The molecule has 2 heterocycles. The van der Waals surface area contributed by atoms with Crippen molar-refractivity contribution in [3.05, 3.63) is 48.2 Å². The van der Waals surface area contributed by atoms with Crippen LogP contribution >= 0.6 is 0 Å². The van der Waals surface area contributed by atoms with Crippen molar-refractivity contribution in [1.82, 2.24) is 15.0 Å². The monoisotopic (exact) mass is 286 g/mol. The molecule has 0 atom stereocenters. The lowest BCUT2D eigenvalue weighted by atomic mass is 9.89. The molecule has 0 unspecified atom stereocenters. The predicted molar refractivity (Wildman–Crippen MR) is 83.0 cm³/mol. The van der Waals surface area contributed by atoms with Crippen molar-refractivity contribution < 1.29 is 5.11 Å². The topological polar surface area (TPSA) is 70.9 Å². The van der Waals surface area contributed by atoms with Gasteiger partial charge in [0.2, 0.25) is 0 Å². The molecule has 5 nitrogen and oxygen atoms in total. The highest BCUT2D eigenvalue weighted by Crippen LogP contribution is 2.22. The van der Waals surface area contributed by atoms with Gasteiger partial charge in [-0.2, -0.15) is 0 Å². The molecule has 2 aromatic rings. The van der Waals surface area contributed by atoms with E-state index in [0.717, 1.165) is 11.5 Å². The molecular formula is C16H22N4O. The van der Waals surface area contributed by atoms with Crippen LogP contribution in [0, 0.1) is 0 Å². The predicted octanol–water partition coefficient (Wildman–Crippen LogP) is 2.49. The molecule has 0 aliphatic heterocycles. The van der Waals surface area contributed by atoms with Crippen molar-refractivity contribution in [3.63, 3.8) is 0 Å². The summed E-state index contributed by atoms with van der Waals surface area (Å²) in [6, 6.07) is 5.60. The molecule has 0 aromatic carbocycles. The summed E-state index contributed by atoms with van der Waals surface area (Å²) in [5.74, 6) is 0.742. The minimum absolute atomic E-state index is 0.166. The van der Waals surface area contributed by atoms with E-state index >= 15 is 0 Å². The van der Waals surface area contributed by atoms with E-state index in [1.54, 1.807) is 32.4 Å². The first kappa shape index (κ1) is 15.4. The van der Waals surface area contributed by atoms with Crippen molar-refractivity contribution in [2.24, 2.45) is 0 Å². The van der Waals surface area contributed by atoms with Crippen LogP contribution in [0.15, 0.2) is 36.8 Å². The lowest BCUT2D eigenvalue weighted by Crippen LogP contribution is -2.29. The Morgan fingerprint density at radius 2 is 1.86 bits per heavy atom. The second-order valence-electron chi connectivity index (χ2n) is 6.30. The maximum Gasteiger partial charge on any atom is 0.126 e. The fraction of sp³-hybridized carbons (Fsp3) is 0.438. The van der Waals surface area contributed by atoms with Crippen LogP contribution in [0.2, 0.25) is 0 Å². The molecule has 0 radical (unpaired) electrons. The molecule has 0 fully saturated rings. The third-order valence-corrected chi connectivity index (χ3v) is 3.34. The molecule has 0 spiro atoms. The molecule has 112 valence electrons. The molecule has 5 heteroatoms. The number of nitrogens with one attached hydrogen (secondary N) is 1. The number of pyridine rings is 1. The molecule has 0 saturated heterocycles. The SMILES string of the molecule is CC(C)(O)c1cccc(NCC(C)(C)c2cnccn2)n1. The summed E-state index contributed by atoms with van der Waals surface area (Å²) in [6.07, 6.45) is 5.15. The van der Waals surface area contributed by atoms with Gasteiger partial charge in [0.15, 0.2) is 0 Å². The third kappa shape index (κ3) is 3.98. The molecule has 0 amide bonds. The lowest BCUT2D eigenvalue weighted by molar-refractivity contribution is 0.0740. The first-order valence-electron chi connectivity index (χ1n) is 6.99. The Morgan fingerprint density at radius 1 is 1.10 bits per heavy atom. The number of anilines is 1. The number of nitrogens with zero attached hydrogens (tertiary/aromatic N) is 3. The van der Waals surface area contributed by atoms with E-state index in [-0.39, 0.29) is 5.41 Å². The fourth-order valence-corrected chi connectivity index (χ4v) is 1.92. The number of aliphatic hydroxyl groups is 1. The zero-order valence-electron chi connectivity index (χ0n) is 13.0. The Labute approximate surface area is 125 Å². The molecule has 0 aliphatic carbocycles. The van der Waals surface area contributed by atoms with Crippen LogP contribution in [0.3, 0.4) is 0 Å². The van der Waals surface area contributed by atoms with E-state index in [1.165, 1.54) is 0 Å². The maximum absolute atomic E-state index is 10.0. The summed E-state index contributed by atoms with van der Waals surface area (Å²) < 4.78 is 0. The van der Waals surface area contributed by atoms with Gasteiger partial charge in [-0.25, -0.2) is 4.98 Å². The fourth-order valence-electron chi connectivity index (χ4n) is 1.92. The van der Waals surface area contributed by atoms with Crippen LogP contribution < -0.4 is 5.32 Å². The highest BCUT2D eigenvalue weighted by molar-refractivity contribution is 5.37. The van der Waals surface area contributed by atoms with Gasteiger partial charge in [0.25, 0.3) is 0 Å². The first-order valence-corrected chi connectivity index (χ1v) is 6.99. The minimum Gasteiger partial charge on any atom is -0.384 e. The Morgan fingerprint density at radius 3 is 2.48 bits per heavy atom. The van der Waals surface area contributed by atoms with Crippen LogP contribution in [0.5, 0.6) is 0 Å². The highest BCUT2D eigenvalue weighted by atomic mass is 16.3. The first-order chi connectivity index (χ1) is 9.79. The van der Waals surface area contributed by atoms with E-state index in [9.17, 15) is 5.11 Å². The van der Waals surface area contributed by atoms with Gasteiger partial charge in [0.05, 0.1) is 11.4 Å². The Bertz CT molecular complexity index is 591. The second kappa shape index (κ2) is 5.77. The zero-order valence-corrected chi connectivity index (χ0v) is 13.0. The quantitative estimate of drug-likeness (QED) is 0.883. The maximum atomic E-state index is 10.0. The normalized spacial score (nSPS) is 12.2. The minimum atomic E-state index is -0.946. The summed E-state index contributed by atoms with van der Waals surface area (Å²) in [5.41, 5.74) is 0.458. The van der Waals surface area contributed by atoms with Gasteiger partial charge < -0.3 is 10.4 Å². The largest absolute Gasteiger partial charge is 0.384 e. The van der Waals surface area contributed by atoms with E-state index in [0.29, 0.717) is 12.2 Å². The van der Waals surface area contributed by atoms with Crippen LogP contribution in [0.1, 0.15) is 39.1 Å². The third-order valence-electron chi connectivity index (χ3n) is 3.34. The van der Waals surface area contributed by atoms with Crippen LogP contribution in [0.25, 0.3) is 0 Å². The van der Waals surface area contributed by atoms with Crippen molar-refractivity contribution in [2.75, 3.05) is 11.9 Å². The summed E-state index contributed by atoms with van der Waals surface area (Å²) in [6.45, 7) is 8.33. The van der Waals surface area contributed by atoms with Gasteiger partial charge >= 0.3 is 0 Å². The molecule has 2 aromatic heterocycles. The van der Waals surface area contributed by atoms with Gasteiger partial charge in [-0.3, -0.25) is 9.97 Å². The van der Waals surface area contributed by atoms with Crippen molar-refractivity contribution >= 4 is 5.82 Å². The van der Waals surface area contributed by atoms with E-state index in [1.807, 2.05) is 18.2 Å². The summed E-state index contributed by atoms with van der Waals surface area (Å²) >= 11 is 0. The van der Waals surface area contributed by atoms with Gasteiger partial charge in [-0.05, 0) is 26.0 Å². The van der Waals surface area contributed by atoms with Gasteiger partial charge in [0.1, 0.15) is 11.4 Å². The van der Waals surface area contributed by atoms with E-state index in [4.69, 9.17) is 0 Å². The molecular weight excluding hydrogens is 264 g/mol. The standard InChI is InChI=1S/C16H22N4O/c1-15(2,13-10-17-8-9-18-13)11-19-14-7-5-6-12(20-14)16(3,4)21/h5-10,21H,11H2,1-4H3,(H,19,20). The smallest absolute Gasteiger partial charge is 0.126 e. The van der Waals surface area contributed by atoms with Gasteiger partial charge in [-0.1, -0.05) is 19.9 Å². The summed E-state index contributed by atoms with van der Waals surface area (Å²) in [7, 11) is 0. The van der Waals surface area contributed by atoms with Crippen LogP contribution in [0.4, 0.5) is 5.82 Å². The van der Waals surface area contributed by atoms with E-state index in [2.05, 4.69) is 34.1 Å². The Kier molecular flexibility index (Phi) is 4.23. The number of hydrogen-bond donors (Lipinski definition) is 2. The van der Waals surface area contributed by atoms with Crippen molar-refractivity contribution in [2.45, 2.75) is 38.7 Å². The molecule has 0 saturated carbocycles. The number of aromatic nitrogens is 3. The average molecular weight is 286 g/mol. The zero-order chi connectivity index (χ0) is 15.5. The Balaban J connectivity index is 2.10. The number of hydrogen-bond acceptors (Lipinski definition) is 5. The number of rotatable bonds is 5. The van der Waals surface area contributed by atoms with Crippen LogP contribution in [-0.2, 0) is 11.0 Å². The highest BCUT2D eigenvalue weighted by Gasteiger charge is 2.23. The summed E-state index contributed by atoms with van der Waals surface area (Å²) in [5, 5.41) is 13.3. The second-order valence-corrected chi connectivity index (χ2v) is 6.30. The van der Waals surface area contributed by atoms with E-state index < -0.39 is 5.60 Å². The van der Waals surface area contributed by atoms with Crippen molar-refractivity contribution in [3.8, 4) is 0 Å².